The van der Waals surface area contributed by atoms with E-state index < -0.39 is 38.7 Å². The summed E-state index contributed by atoms with van der Waals surface area (Å²) in [6.45, 7) is 3.01. The smallest absolute Gasteiger partial charge is 0.417 e. The van der Waals surface area contributed by atoms with Crippen LogP contribution in [0, 0.1) is 13.8 Å². The maximum absolute atomic E-state index is 13.1. The van der Waals surface area contributed by atoms with E-state index in [1.54, 1.807) is 0 Å². The van der Waals surface area contributed by atoms with Crippen LogP contribution in [-0.2, 0) is 28.0 Å². The van der Waals surface area contributed by atoms with Gasteiger partial charge in [-0.15, -0.1) is 0 Å². The Bertz CT molecular complexity index is 952. The Morgan fingerprint density at radius 1 is 1.27 bits per heavy atom. The molecule has 1 atom stereocenters. The van der Waals surface area contributed by atoms with Crippen molar-refractivity contribution in [2.75, 3.05) is 0 Å². The molecule has 1 heterocycles. The van der Waals surface area contributed by atoms with Crippen molar-refractivity contribution in [2.45, 2.75) is 31.0 Å². The number of nitrogens with one attached hydrogen (secondary N) is 1. The molecule has 0 spiro atoms. The van der Waals surface area contributed by atoms with Gasteiger partial charge >= 0.3 is 12.1 Å². The highest BCUT2D eigenvalue weighted by atomic mass is 32.2. The number of aryl methyl sites for hydroxylation is 2. The summed E-state index contributed by atoms with van der Waals surface area (Å²) < 4.78 is 67.6. The largest absolute Gasteiger partial charge is 0.480 e. The number of nitrogens with zero attached hydrogens (tertiary/aromatic N) is 2. The molecule has 0 fully saturated rings. The Hall–Kier alpha value is -2.40. The number of aliphatic carboxylic acids is 1. The van der Waals surface area contributed by atoms with Gasteiger partial charge in [0.2, 0.25) is 10.0 Å². The first-order valence-electron chi connectivity index (χ1n) is 7.27. The van der Waals surface area contributed by atoms with Crippen LogP contribution in [-0.4, -0.2) is 29.3 Å². The zero-order valence-electron chi connectivity index (χ0n) is 14.0. The van der Waals surface area contributed by atoms with Gasteiger partial charge in [0.15, 0.2) is 0 Å². The van der Waals surface area contributed by atoms with Crippen molar-refractivity contribution in [1.29, 1.82) is 0 Å². The van der Waals surface area contributed by atoms with E-state index in [-0.39, 0.29) is 11.3 Å². The van der Waals surface area contributed by atoms with Gasteiger partial charge < -0.3 is 5.11 Å². The van der Waals surface area contributed by atoms with Crippen molar-refractivity contribution in [1.82, 2.24) is 14.5 Å². The van der Waals surface area contributed by atoms with Crippen molar-refractivity contribution in [3.8, 4) is 0 Å². The fourth-order valence-corrected chi connectivity index (χ4v) is 3.98. The molecular weight excluding hydrogens is 375 g/mol. The summed E-state index contributed by atoms with van der Waals surface area (Å²) in [5.74, 6) is -1.56. The van der Waals surface area contributed by atoms with E-state index in [1.807, 2.05) is 4.72 Å². The molecule has 1 aromatic carbocycles. The highest BCUT2D eigenvalue weighted by Gasteiger charge is 2.39. The number of hydrogen-bond donors (Lipinski definition) is 2. The van der Waals surface area contributed by atoms with Gasteiger partial charge in [-0.3, -0.25) is 9.48 Å². The number of alkyl halides is 3. The molecule has 11 heteroatoms. The number of aromatic nitrogens is 2. The summed E-state index contributed by atoms with van der Waals surface area (Å²) in [5, 5.41) is 13.5. The third-order valence-electron chi connectivity index (χ3n) is 3.86. The lowest BCUT2D eigenvalue weighted by atomic mass is 10.1. The number of carboxylic acid groups (broad SMARTS) is 1. The van der Waals surface area contributed by atoms with E-state index >= 15 is 0 Å². The molecular formula is C15H16F3N3O4S. The quantitative estimate of drug-likeness (QED) is 0.813. The number of hydrogen-bond acceptors (Lipinski definition) is 4. The van der Waals surface area contributed by atoms with Crippen molar-refractivity contribution in [2.24, 2.45) is 7.05 Å². The molecule has 0 aliphatic carbocycles. The van der Waals surface area contributed by atoms with Gasteiger partial charge in [-0.1, -0.05) is 12.1 Å². The van der Waals surface area contributed by atoms with Crippen LogP contribution < -0.4 is 4.72 Å². The Kier molecular flexibility index (Phi) is 5.15. The molecule has 1 unspecified atom stereocenters. The third-order valence-corrected chi connectivity index (χ3v) is 5.34. The normalized spacial score (nSPS) is 13.6. The second-order valence-electron chi connectivity index (χ2n) is 5.59. The topological polar surface area (TPSA) is 101 Å². The van der Waals surface area contributed by atoms with Crippen molar-refractivity contribution in [3.63, 3.8) is 0 Å². The van der Waals surface area contributed by atoms with E-state index in [0.717, 1.165) is 18.2 Å². The lowest BCUT2D eigenvalue weighted by Gasteiger charge is -2.18. The highest BCUT2D eigenvalue weighted by Crippen LogP contribution is 2.34. The number of halogens is 3. The molecule has 2 aromatic rings. The number of benzene rings is 1. The molecule has 26 heavy (non-hydrogen) atoms. The lowest BCUT2D eigenvalue weighted by Crippen LogP contribution is -2.35. The predicted molar refractivity (Wildman–Crippen MR) is 84.8 cm³/mol. The third kappa shape index (κ3) is 3.73. The zero-order valence-corrected chi connectivity index (χ0v) is 14.8. The minimum atomic E-state index is -4.91. The number of carboxylic acids is 1. The minimum absolute atomic E-state index is 0.0769. The standard InChI is InChI=1S/C15H16F3N3O4S/c1-8-12(9(2)21(3)19-8)13(14(22)23)20-26(24,25)11-7-5-4-6-10(11)15(16,17)18/h4-7,13,20H,1-3H3,(H,22,23). The predicted octanol–water partition coefficient (Wildman–Crippen LogP) is 2.16. The average molecular weight is 391 g/mol. The van der Waals surface area contributed by atoms with Crippen LogP contribution in [0.4, 0.5) is 13.2 Å². The minimum Gasteiger partial charge on any atom is -0.480 e. The number of sulfonamides is 1. The van der Waals surface area contributed by atoms with E-state index in [2.05, 4.69) is 5.10 Å². The van der Waals surface area contributed by atoms with E-state index in [4.69, 9.17) is 0 Å². The summed E-state index contributed by atoms with van der Waals surface area (Å²) >= 11 is 0. The van der Waals surface area contributed by atoms with Crippen molar-refractivity contribution >= 4 is 16.0 Å². The monoisotopic (exact) mass is 391 g/mol. The van der Waals surface area contributed by atoms with Gasteiger partial charge in [-0.25, -0.2) is 8.42 Å². The van der Waals surface area contributed by atoms with E-state index in [9.17, 15) is 31.5 Å². The Morgan fingerprint density at radius 3 is 2.31 bits per heavy atom. The molecule has 142 valence electrons. The first-order valence-corrected chi connectivity index (χ1v) is 8.76. The SMILES string of the molecule is Cc1nn(C)c(C)c1C(NS(=O)(=O)c1ccccc1C(F)(F)F)C(=O)O. The van der Waals surface area contributed by atoms with Crippen LogP contribution in [0.2, 0.25) is 0 Å². The summed E-state index contributed by atoms with van der Waals surface area (Å²) in [5.41, 5.74) is -0.671. The number of carbonyl (C=O) groups is 1. The Morgan fingerprint density at radius 2 is 1.85 bits per heavy atom. The van der Waals surface area contributed by atoms with Crippen molar-refractivity contribution in [3.05, 3.63) is 46.8 Å². The molecule has 0 saturated heterocycles. The fraction of sp³-hybridized carbons (Fsp3) is 0.333. The summed E-state index contributed by atoms with van der Waals surface area (Å²) in [6, 6.07) is 1.78. The van der Waals surface area contributed by atoms with E-state index in [0.29, 0.717) is 11.8 Å². The summed E-state index contributed by atoms with van der Waals surface area (Å²) in [4.78, 5) is 10.6. The van der Waals surface area contributed by atoms with Gasteiger partial charge in [0.25, 0.3) is 0 Å². The zero-order chi connectivity index (χ0) is 19.9. The molecule has 2 N–H and O–H groups in total. The lowest BCUT2D eigenvalue weighted by molar-refractivity contribution is -0.140. The van der Waals surface area contributed by atoms with Crippen LogP contribution in [0.3, 0.4) is 0 Å². The molecule has 1 aromatic heterocycles. The van der Waals surface area contributed by atoms with Gasteiger partial charge in [0.1, 0.15) is 6.04 Å². The molecule has 7 nitrogen and oxygen atoms in total. The van der Waals surface area contributed by atoms with Crippen LogP contribution >= 0.6 is 0 Å². The van der Waals surface area contributed by atoms with Crippen LogP contribution in [0.1, 0.15) is 28.6 Å². The van der Waals surface area contributed by atoms with E-state index in [1.165, 1.54) is 25.6 Å². The molecule has 0 amide bonds. The maximum Gasteiger partial charge on any atom is 0.417 e. The van der Waals surface area contributed by atoms with Gasteiger partial charge in [-0.2, -0.15) is 23.0 Å². The van der Waals surface area contributed by atoms with Gasteiger partial charge in [-0.05, 0) is 26.0 Å². The molecule has 0 aliphatic rings. The second-order valence-corrected chi connectivity index (χ2v) is 7.28. The molecule has 0 bridgehead atoms. The first-order chi connectivity index (χ1) is 11.9. The van der Waals surface area contributed by atoms with Crippen LogP contribution in [0.25, 0.3) is 0 Å². The molecule has 0 aliphatic heterocycles. The highest BCUT2D eigenvalue weighted by molar-refractivity contribution is 7.89. The molecule has 0 radical (unpaired) electrons. The fourth-order valence-electron chi connectivity index (χ4n) is 2.59. The summed E-state index contributed by atoms with van der Waals surface area (Å²) in [7, 11) is -3.24. The maximum atomic E-state index is 13.1. The second kappa shape index (κ2) is 6.72. The van der Waals surface area contributed by atoms with Crippen LogP contribution in [0.15, 0.2) is 29.2 Å². The van der Waals surface area contributed by atoms with Gasteiger partial charge in [0.05, 0.1) is 16.2 Å². The molecule has 2 rings (SSSR count). The van der Waals surface area contributed by atoms with Crippen molar-refractivity contribution < 1.29 is 31.5 Å². The Balaban J connectivity index is 2.55. The summed E-state index contributed by atoms with van der Waals surface area (Å²) in [6.07, 6.45) is -4.91. The number of rotatable bonds is 5. The van der Waals surface area contributed by atoms with Crippen LogP contribution in [0.5, 0.6) is 0 Å². The Labute approximate surface area is 147 Å². The average Bonchev–Trinajstić information content (AvgIpc) is 2.77. The molecule has 0 saturated carbocycles. The first kappa shape index (κ1) is 19.9. The van der Waals surface area contributed by atoms with Gasteiger partial charge in [0, 0.05) is 18.3 Å².